The number of H-pyrrole nitrogens is 2. The first-order chi connectivity index (χ1) is 18.6. The molecule has 0 aliphatic carbocycles. The van der Waals surface area contributed by atoms with Crippen molar-refractivity contribution >= 4 is 40.4 Å². The maximum absolute atomic E-state index is 12.6. The van der Waals surface area contributed by atoms with Gasteiger partial charge in [-0.15, -0.1) is 0 Å². The molecule has 12 nitrogen and oxygen atoms in total. The van der Waals surface area contributed by atoms with Crippen molar-refractivity contribution in [1.29, 1.82) is 0 Å². The minimum absolute atomic E-state index is 0.146. The highest BCUT2D eigenvalue weighted by Crippen LogP contribution is 2.32. The number of amidine groups is 1. The second-order valence-corrected chi connectivity index (χ2v) is 9.76. The molecule has 13 heteroatoms. The van der Waals surface area contributed by atoms with Crippen LogP contribution in [-0.4, -0.2) is 49.9 Å². The van der Waals surface area contributed by atoms with Gasteiger partial charge in [0.2, 0.25) is 17.7 Å². The fraction of sp³-hybridized carbons (Fsp3) is 0.231. The zero-order chi connectivity index (χ0) is 28.1. The summed E-state index contributed by atoms with van der Waals surface area (Å²) in [5.74, 6) is -1.99. The van der Waals surface area contributed by atoms with Crippen LogP contribution >= 0.6 is 11.8 Å². The van der Waals surface area contributed by atoms with Crippen molar-refractivity contribution in [1.82, 2.24) is 15.3 Å². The smallest absolute Gasteiger partial charge is 0.338 e. The predicted molar refractivity (Wildman–Crippen MR) is 145 cm³/mol. The highest BCUT2D eigenvalue weighted by Gasteiger charge is 2.34. The van der Waals surface area contributed by atoms with Gasteiger partial charge in [-0.3, -0.25) is 24.4 Å². The Morgan fingerprint density at radius 3 is 2.41 bits per heavy atom. The lowest BCUT2D eigenvalue weighted by Crippen LogP contribution is -2.29. The van der Waals surface area contributed by atoms with E-state index in [1.807, 2.05) is 6.92 Å². The molecule has 0 unspecified atom stereocenters. The van der Waals surface area contributed by atoms with Crippen LogP contribution < -0.4 is 21.9 Å². The summed E-state index contributed by atoms with van der Waals surface area (Å²) in [6.07, 6.45) is -0.172. The molecule has 0 radical (unpaired) electrons. The number of rotatable bonds is 8. The van der Waals surface area contributed by atoms with E-state index >= 15 is 0 Å². The lowest BCUT2D eigenvalue weighted by atomic mass is 10.00. The second kappa shape index (κ2) is 11.8. The van der Waals surface area contributed by atoms with Gasteiger partial charge in [-0.1, -0.05) is 41.6 Å². The quantitative estimate of drug-likeness (QED) is 0.263. The topological polar surface area (TPSA) is 183 Å². The highest BCUT2D eigenvalue weighted by molar-refractivity contribution is 8.15. The largest absolute Gasteiger partial charge is 0.494 e. The summed E-state index contributed by atoms with van der Waals surface area (Å²) >= 11 is 1.01. The molecule has 1 aliphatic rings. The maximum atomic E-state index is 12.6. The lowest BCUT2D eigenvalue weighted by molar-refractivity contribution is -0.122. The van der Waals surface area contributed by atoms with Gasteiger partial charge in [0.25, 0.3) is 5.56 Å². The Hall–Kier alpha value is -4.65. The molecule has 1 aromatic heterocycles. The number of thioether (sulfide) groups is 1. The summed E-state index contributed by atoms with van der Waals surface area (Å²) < 4.78 is 4.93. The number of carbonyl (C=O) groups excluding carboxylic acids is 3. The van der Waals surface area contributed by atoms with E-state index in [0.29, 0.717) is 16.8 Å². The number of benzene rings is 2. The summed E-state index contributed by atoms with van der Waals surface area (Å²) in [7, 11) is 0. The standard InChI is InChI=1S/C26H25N5O7S/c1-3-38-24(36)15-8-10-16(11-9-15)27-18(32)12-17-21(33)31-26(39-17)28-20(14-6-4-13(2)5-7-14)19-22(34)29-25(37)30-23(19)35/h4-11,17,20H,3,12H2,1-2H3,(H,27,32)(H,28,31,33)(H3,29,30,34,35,37)/t17-,20-/m0/s1. The number of nitrogens with zero attached hydrogens (tertiary/aromatic N) is 1. The van der Waals surface area contributed by atoms with E-state index in [0.717, 1.165) is 17.3 Å². The van der Waals surface area contributed by atoms with E-state index in [-0.39, 0.29) is 23.8 Å². The molecule has 202 valence electrons. The normalized spacial score (nSPS) is 16.5. The summed E-state index contributed by atoms with van der Waals surface area (Å²) in [5.41, 5.74) is 0.369. The number of aromatic hydroxyl groups is 1. The van der Waals surface area contributed by atoms with Crippen LogP contribution in [0.3, 0.4) is 0 Å². The highest BCUT2D eigenvalue weighted by atomic mass is 32.2. The summed E-state index contributed by atoms with van der Waals surface area (Å²) in [6.45, 7) is 3.83. The molecular formula is C26H25N5O7S. The van der Waals surface area contributed by atoms with Gasteiger partial charge >= 0.3 is 11.7 Å². The van der Waals surface area contributed by atoms with Crippen molar-refractivity contribution in [2.45, 2.75) is 31.6 Å². The summed E-state index contributed by atoms with van der Waals surface area (Å²) in [6, 6.07) is 12.1. The molecule has 1 saturated heterocycles. The van der Waals surface area contributed by atoms with Crippen LogP contribution in [-0.2, 0) is 14.3 Å². The van der Waals surface area contributed by atoms with Gasteiger partial charge in [-0.2, -0.15) is 0 Å². The Bertz CT molecular complexity index is 1540. The third kappa shape index (κ3) is 6.62. The fourth-order valence-electron chi connectivity index (χ4n) is 3.79. The second-order valence-electron chi connectivity index (χ2n) is 8.56. The molecule has 0 saturated carbocycles. The fourth-order valence-corrected chi connectivity index (χ4v) is 4.79. The van der Waals surface area contributed by atoms with E-state index in [1.54, 1.807) is 43.3 Å². The monoisotopic (exact) mass is 551 g/mol. The molecule has 39 heavy (non-hydrogen) atoms. The van der Waals surface area contributed by atoms with E-state index < -0.39 is 46.2 Å². The van der Waals surface area contributed by atoms with E-state index in [2.05, 4.69) is 25.6 Å². The van der Waals surface area contributed by atoms with Gasteiger partial charge in [0.15, 0.2) is 5.17 Å². The van der Waals surface area contributed by atoms with E-state index in [1.165, 1.54) is 12.1 Å². The molecule has 0 bridgehead atoms. The molecule has 2 heterocycles. The molecule has 1 fully saturated rings. The van der Waals surface area contributed by atoms with Crippen LogP contribution in [0.1, 0.15) is 46.4 Å². The van der Waals surface area contributed by atoms with Crippen LogP contribution in [0, 0.1) is 6.92 Å². The van der Waals surface area contributed by atoms with E-state index in [4.69, 9.17) is 4.74 Å². The molecule has 0 spiro atoms. The van der Waals surface area contributed by atoms with Gasteiger partial charge in [-0.05, 0) is 43.7 Å². The number of carbonyl (C=O) groups is 3. The molecule has 3 aromatic rings. The van der Waals surface area contributed by atoms with Crippen molar-refractivity contribution in [3.05, 3.63) is 91.6 Å². The van der Waals surface area contributed by atoms with Crippen molar-refractivity contribution < 1.29 is 24.2 Å². The number of hydrogen-bond donors (Lipinski definition) is 5. The lowest BCUT2D eigenvalue weighted by Gasteiger charge is -2.14. The number of nitrogens with one attached hydrogen (secondary N) is 4. The molecule has 5 N–H and O–H groups in total. The molecule has 2 atom stereocenters. The van der Waals surface area contributed by atoms with Gasteiger partial charge in [-0.25, -0.2) is 14.6 Å². The van der Waals surface area contributed by atoms with Crippen LogP contribution in [0.5, 0.6) is 5.88 Å². The maximum Gasteiger partial charge on any atom is 0.338 e. The number of aryl methyl sites for hydroxylation is 1. The number of aliphatic imine (C=N–C) groups is 1. The molecule has 4 rings (SSSR count). The molecule has 2 amide bonds. The average Bonchev–Trinajstić information content (AvgIpc) is 3.22. The zero-order valence-corrected chi connectivity index (χ0v) is 21.8. The summed E-state index contributed by atoms with van der Waals surface area (Å²) in [5, 5.41) is 15.0. The number of amides is 2. The SMILES string of the molecule is CCOC(=O)c1ccc(NC(=O)C[C@@H]2SC(=N[C@@H](c3ccc(C)cc3)c3c(O)[nH]c(=O)[nH]c3=O)NC2=O)cc1. The third-order valence-electron chi connectivity index (χ3n) is 5.70. The molecule has 1 aliphatic heterocycles. The minimum atomic E-state index is -1.06. The Balaban J connectivity index is 1.51. The van der Waals surface area contributed by atoms with Crippen molar-refractivity contribution in [2.75, 3.05) is 11.9 Å². The van der Waals surface area contributed by atoms with Gasteiger partial charge in [0, 0.05) is 12.1 Å². The molecule has 2 aromatic carbocycles. The van der Waals surface area contributed by atoms with Crippen LogP contribution in [0.2, 0.25) is 0 Å². The summed E-state index contributed by atoms with van der Waals surface area (Å²) in [4.78, 5) is 69.9. The number of hydrogen-bond acceptors (Lipinski definition) is 9. The molecular weight excluding hydrogens is 526 g/mol. The van der Waals surface area contributed by atoms with Crippen molar-refractivity contribution in [2.24, 2.45) is 4.99 Å². The first-order valence-corrected chi connectivity index (χ1v) is 12.8. The van der Waals surface area contributed by atoms with Gasteiger partial charge < -0.3 is 20.5 Å². The van der Waals surface area contributed by atoms with E-state index in [9.17, 15) is 29.1 Å². The van der Waals surface area contributed by atoms with Crippen LogP contribution in [0.4, 0.5) is 5.69 Å². The first-order valence-electron chi connectivity index (χ1n) is 11.9. The Kier molecular flexibility index (Phi) is 8.30. The van der Waals surface area contributed by atoms with Crippen LogP contribution in [0.15, 0.2) is 63.1 Å². The number of anilines is 1. The minimum Gasteiger partial charge on any atom is -0.494 e. The van der Waals surface area contributed by atoms with Gasteiger partial charge in [0.1, 0.15) is 16.9 Å². The number of aromatic amines is 2. The average molecular weight is 552 g/mol. The Labute approximate surface area is 225 Å². The number of ether oxygens (including phenoxy) is 1. The van der Waals surface area contributed by atoms with Gasteiger partial charge in [0.05, 0.1) is 12.2 Å². The predicted octanol–water partition coefficient (Wildman–Crippen LogP) is 1.96. The van der Waals surface area contributed by atoms with Crippen molar-refractivity contribution in [3.8, 4) is 5.88 Å². The third-order valence-corrected chi connectivity index (χ3v) is 6.79. The zero-order valence-electron chi connectivity index (χ0n) is 20.9. The van der Waals surface area contributed by atoms with Crippen molar-refractivity contribution in [3.63, 3.8) is 0 Å². The number of esters is 1. The Morgan fingerprint density at radius 1 is 1.08 bits per heavy atom. The first kappa shape index (κ1) is 27.4. The Morgan fingerprint density at radius 2 is 1.77 bits per heavy atom. The van der Waals surface area contributed by atoms with Crippen LogP contribution in [0.25, 0.3) is 0 Å². The number of aromatic nitrogens is 2.